The van der Waals surface area contributed by atoms with Crippen LogP contribution < -0.4 is 11.1 Å². The van der Waals surface area contributed by atoms with Crippen LogP contribution in [0.15, 0.2) is 18.2 Å². The van der Waals surface area contributed by atoms with Gasteiger partial charge in [0.25, 0.3) is 0 Å². The first-order valence-electron chi connectivity index (χ1n) is 7.94. The summed E-state index contributed by atoms with van der Waals surface area (Å²) in [4.78, 5) is 25.6. The molecule has 2 unspecified atom stereocenters. The fraction of sp³-hybridized carbons (Fsp3) is 0.529. The molecule has 0 aliphatic carbocycles. The highest BCUT2D eigenvalue weighted by Gasteiger charge is 2.35. The Labute approximate surface area is 152 Å². The lowest BCUT2D eigenvalue weighted by molar-refractivity contribution is -0.131. The first-order chi connectivity index (χ1) is 11.2. The summed E-state index contributed by atoms with van der Waals surface area (Å²) in [6.45, 7) is 4.93. The Bertz CT molecular complexity index is 644. The van der Waals surface area contributed by atoms with Crippen LogP contribution >= 0.6 is 12.4 Å². The molecule has 5 nitrogen and oxygen atoms in total. The van der Waals surface area contributed by atoms with Crippen LogP contribution in [0.25, 0.3) is 0 Å². The van der Waals surface area contributed by atoms with E-state index in [0.29, 0.717) is 19.6 Å². The van der Waals surface area contributed by atoms with Crippen LogP contribution in [-0.4, -0.2) is 36.3 Å². The highest BCUT2D eigenvalue weighted by Crippen LogP contribution is 2.30. The van der Waals surface area contributed by atoms with Gasteiger partial charge in [-0.3, -0.25) is 9.59 Å². The molecule has 0 aromatic heterocycles. The van der Waals surface area contributed by atoms with E-state index in [1.165, 1.54) is 13.0 Å². The van der Waals surface area contributed by atoms with E-state index in [-0.39, 0.29) is 41.6 Å². The molecule has 2 rings (SSSR count). The normalized spacial score (nSPS) is 20.8. The van der Waals surface area contributed by atoms with E-state index in [0.717, 1.165) is 18.6 Å². The number of carbonyl (C=O) groups is 2. The Morgan fingerprint density at radius 3 is 2.60 bits per heavy atom. The lowest BCUT2D eigenvalue weighted by Crippen LogP contribution is -2.37. The smallest absolute Gasteiger partial charge is 0.225 e. The molecule has 2 amide bonds. The zero-order valence-electron chi connectivity index (χ0n) is 14.4. The molecule has 0 radical (unpaired) electrons. The van der Waals surface area contributed by atoms with Gasteiger partial charge in [-0.25, -0.2) is 8.78 Å². The maximum Gasteiger partial charge on any atom is 0.225 e. The molecular weight excluding hydrogens is 352 g/mol. The third-order valence-corrected chi connectivity index (χ3v) is 4.50. The van der Waals surface area contributed by atoms with Crippen molar-refractivity contribution in [2.24, 2.45) is 11.1 Å². The number of hydrogen-bond acceptors (Lipinski definition) is 3. The van der Waals surface area contributed by atoms with Gasteiger partial charge in [-0.1, -0.05) is 13.0 Å². The molecule has 1 aromatic carbocycles. The van der Waals surface area contributed by atoms with Crippen molar-refractivity contribution in [3.8, 4) is 0 Å². The van der Waals surface area contributed by atoms with Crippen molar-refractivity contribution in [2.75, 3.05) is 19.6 Å². The second kappa shape index (κ2) is 8.58. The average Bonchev–Trinajstić information content (AvgIpc) is 2.89. The predicted molar refractivity (Wildman–Crippen MR) is 93.1 cm³/mol. The number of nitrogens with zero attached hydrogens (tertiary/aromatic N) is 1. The number of hydrogen-bond donors (Lipinski definition) is 2. The van der Waals surface area contributed by atoms with Gasteiger partial charge in [-0.15, -0.1) is 12.4 Å². The van der Waals surface area contributed by atoms with Crippen LogP contribution in [0.3, 0.4) is 0 Å². The van der Waals surface area contributed by atoms with Gasteiger partial charge >= 0.3 is 0 Å². The van der Waals surface area contributed by atoms with Crippen LogP contribution in [0, 0.1) is 17.0 Å². The van der Waals surface area contributed by atoms with Gasteiger partial charge in [-0.2, -0.15) is 0 Å². The largest absolute Gasteiger partial charge is 0.349 e. The highest BCUT2D eigenvalue weighted by atomic mass is 35.5. The third-order valence-electron chi connectivity index (χ3n) is 4.50. The van der Waals surface area contributed by atoms with Gasteiger partial charge < -0.3 is 16.0 Å². The number of benzene rings is 1. The van der Waals surface area contributed by atoms with E-state index in [9.17, 15) is 18.4 Å². The van der Waals surface area contributed by atoms with Gasteiger partial charge in [0, 0.05) is 31.6 Å². The zero-order chi connectivity index (χ0) is 17.9. The fourth-order valence-corrected chi connectivity index (χ4v) is 2.98. The Kier molecular flexibility index (Phi) is 7.31. The minimum atomic E-state index is -0.833. The van der Waals surface area contributed by atoms with E-state index in [1.54, 1.807) is 4.90 Å². The van der Waals surface area contributed by atoms with Crippen LogP contribution in [-0.2, 0) is 9.59 Å². The predicted octanol–water partition coefficient (Wildman–Crippen LogP) is 2.15. The molecule has 1 aliphatic heterocycles. The van der Waals surface area contributed by atoms with Crippen molar-refractivity contribution in [3.63, 3.8) is 0 Å². The zero-order valence-corrected chi connectivity index (χ0v) is 15.2. The van der Waals surface area contributed by atoms with E-state index < -0.39 is 17.7 Å². The number of carbonyl (C=O) groups excluding carboxylic acids is 2. The van der Waals surface area contributed by atoms with Gasteiger partial charge in [0.15, 0.2) is 0 Å². The van der Waals surface area contributed by atoms with E-state index in [1.807, 2.05) is 6.92 Å². The van der Waals surface area contributed by atoms with Gasteiger partial charge in [0.1, 0.15) is 11.6 Å². The van der Waals surface area contributed by atoms with E-state index in [2.05, 4.69) is 5.32 Å². The van der Waals surface area contributed by atoms with Gasteiger partial charge in [0.05, 0.1) is 12.5 Å². The Morgan fingerprint density at radius 2 is 2.08 bits per heavy atom. The lowest BCUT2D eigenvalue weighted by Gasteiger charge is -2.25. The summed E-state index contributed by atoms with van der Waals surface area (Å²) < 4.78 is 27.1. The summed E-state index contributed by atoms with van der Waals surface area (Å²) >= 11 is 0. The van der Waals surface area contributed by atoms with Crippen LogP contribution in [0.1, 0.15) is 38.3 Å². The van der Waals surface area contributed by atoms with E-state index >= 15 is 0 Å². The van der Waals surface area contributed by atoms with Crippen molar-refractivity contribution in [2.45, 2.75) is 32.7 Å². The average molecular weight is 376 g/mol. The standard InChI is InChI=1S/C17H23F2N3O2.ClH/c1-11(23)21-15(13-4-3-12(18)7-14(13)19)8-16(24)22-6-5-17(2,9-20)10-22;/h3-4,7,15H,5-6,8-10,20H2,1-2H3,(H,21,23);1H. The molecule has 1 fully saturated rings. The van der Waals surface area contributed by atoms with Crippen molar-refractivity contribution in [3.05, 3.63) is 35.4 Å². The topological polar surface area (TPSA) is 75.4 Å². The molecule has 0 saturated carbocycles. The molecule has 25 heavy (non-hydrogen) atoms. The minimum absolute atomic E-state index is 0. The molecule has 8 heteroatoms. The Morgan fingerprint density at radius 1 is 1.40 bits per heavy atom. The SMILES string of the molecule is CC(=O)NC(CC(=O)N1CCC(C)(CN)C1)c1ccc(F)cc1F.Cl. The van der Waals surface area contributed by atoms with Crippen molar-refractivity contribution in [1.82, 2.24) is 10.2 Å². The number of nitrogens with one attached hydrogen (secondary N) is 1. The minimum Gasteiger partial charge on any atom is -0.349 e. The molecule has 2 atom stereocenters. The maximum atomic E-state index is 14.0. The Hall–Kier alpha value is -1.73. The van der Waals surface area contributed by atoms with Crippen molar-refractivity contribution in [1.29, 1.82) is 0 Å². The van der Waals surface area contributed by atoms with E-state index in [4.69, 9.17) is 5.73 Å². The molecule has 0 bridgehead atoms. The molecule has 1 aliphatic rings. The number of likely N-dealkylation sites (tertiary alicyclic amines) is 1. The molecule has 3 N–H and O–H groups in total. The maximum absolute atomic E-state index is 14.0. The number of rotatable bonds is 5. The van der Waals surface area contributed by atoms with Crippen LogP contribution in [0.5, 0.6) is 0 Å². The van der Waals surface area contributed by atoms with Gasteiger partial charge in [-0.05, 0) is 24.4 Å². The van der Waals surface area contributed by atoms with Crippen molar-refractivity contribution >= 4 is 24.2 Å². The highest BCUT2D eigenvalue weighted by molar-refractivity contribution is 5.85. The summed E-state index contributed by atoms with van der Waals surface area (Å²) in [6.07, 6.45) is 0.730. The van der Waals surface area contributed by atoms with Gasteiger partial charge in [0.2, 0.25) is 11.8 Å². The van der Waals surface area contributed by atoms with Crippen molar-refractivity contribution < 1.29 is 18.4 Å². The Balaban J connectivity index is 0.00000312. The number of amides is 2. The molecule has 140 valence electrons. The number of halogens is 3. The lowest BCUT2D eigenvalue weighted by atomic mass is 9.90. The molecule has 1 aromatic rings. The first kappa shape index (κ1) is 21.3. The second-order valence-corrected chi connectivity index (χ2v) is 6.70. The quantitative estimate of drug-likeness (QED) is 0.828. The van der Waals surface area contributed by atoms with Crippen LogP contribution in [0.4, 0.5) is 8.78 Å². The summed E-state index contributed by atoms with van der Waals surface area (Å²) in [7, 11) is 0. The fourth-order valence-electron chi connectivity index (χ4n) is 2.98. The summed E-state index contributed by atoms with van der Waals surface area (Å²) in [5.74, 6) is -2.06. The molecule has 1 heterocycles. The monoisotopic (exact) mass is 375 g/mol. The first-order valence-corrected chi connectivity index (χ1v) is 7.94. The summed E-state index contributed by atoms with van der Waals surface area (Å²) in [5, 5.41) is 2.57. The molecule has 1 saturated heterocycles. The number of nitrogens with two attached hydrogens (primary N) is 1. The molecular formula is C17H24ClF2N3O2. The summed E-state index contributed by atoms with van der Waals surface area (Å²) in [5.41, 5.74) is 5.73. The summed E-state index contributed by atoms with van der Waals surface area (Å²) in [6, 6.07) is 2.28. The molecule has 0 spiro atoms. The van der Waals surface area contributed by atoms with Crippen LogP contribution in [0.2, 0.25) is 0 Å². The second-order valence-electron chi connectivity index (χ2n) is 6.70. The third kappa shape index (κ3) is 5.37.